The van der Waals surface area contributed by atoms with Crippen LogP contribution in [0.1, 0.15) is 40.4 Å². The highest BCUT2D eigenvalue weighted by atomic mass is 16.2. The summed E-state index contributed by atoms with van der Waals surface area (Å²) in [6.45, 7) is 5.93. The van der Waals surface area contributed by atoms with Crippen molar-refractivity contribution in [1.82, 2.24) is 9.13 Å². The van der Waals surface area contributed by atoms with Crippen LogP contribution in [0.3, 0.4) is 0 Å². The van der Waals surface area contributed by atoms with Gasteiger partial charge in [-0.3, -0.25) is 14.2 Å². The Morgan fingerprint density at radius 2 is 1.48 bits per heavy atom. The number of benzene rings is 3. The molecule has 4 aromatic rings. The van der Waals surface area contributed by atoms with Crippen molar-refractivity contribution < 1.29 is 4.79 Å². The van der Waals surface area contributed by atoms with Gasteiger partial charge in [0.05, 0.1) is 23.1 Å². The molecule has 5 heteroatoms. The number of para-hydroxylation sites is 2. The van der Waals surface area contributed by atoms with Gasteiger partial charge in [0.15, 0.2) is 5.78 Å². The quantitative estimate of drug-likeness (QED) is 0.456. The Morgan fingerprint density at radius 3 is 2.13 bits per heavy atom. The maximum atomic E-state index is 13.6. The molecule has 0 aliphatic carbocycles. The molecule has 0 unspecified atom stereocenters. The highest BCUT2D eigenvalue weighted by molar-refractivity contribution is 5.95. The predicted octanol–water partition coefficient (Wildman–Crippen LogP) is 4.41. The molecule has 0 saturated carbocycles. The van der Waals surface area contributed by atoms with E-state index in [0.717, 1.165) is 16.7 Å². The van der Waals surface area contributed by atoms with Gasteiger partial charge in [0, 0.05) is 12.0 Å². The highest BCUT2D eigenvalue weighted by Gasteiger charge is 2.17. The van der Waals surface area contributed by atoms with Crippen LogP contribution in [0.2, 0.25) is 0 Å². The first-order chi connectivity index (χ1) is 14.9. The first-order valence-corrected chi connectivity index (χ1v) is 10.4. The number of carbonyl (C=O) groups is 1. The molecule has 0 aliphatic heterocycles. The van der Waals surface area contributed by atoms with E-state index in [2.05, 4.69) is 0 Å². The predicted molar refractivity (Wildman–Crippen MR) is 123 cm³/mol. The molecule has 0 aliphatic rings. The number of Topliss-reactive ketones (excluding diaryl/α,β-unsaturated/α-hetero) is 1. The van der Waals surface area contributed by atoms with Gasteiger partial charge in [-0.1, -0.05) is 61.5 Å². The molecule has 1 aromatic heterocycles. The van der Waals surface area contributed by atoms with Crippen molar-refractivity contribution >= 4 is 16.7 Å². The molecule has 0 amide bonds. The van der Waals surface area contributed by atoms with Gasteiger partial charge >= 0.3 is 5.69 Å². The molecular weight excluding hydrogens is 388 g/mol. The zero-order valence-electron chi connectivity index (χ0n) is 17.9. The second kappa shape index (κ2) is 8.19. The van der Waals surface area contributed by atoms with Crippen LogP contribution >= 0.6 is 0 Å². The van der Waals surface area contributed by atoms with Gasteiger partial charge in [-0.25, -0.2) is 9.36 Å². The molecule has 0 N–H and O–H groups in total. The van der Waals surface area contributed by atoms with E-state index >= 15 is 0 Å². The van der Waals surface area contributed by atoms with Crippen molar-refractivity contribution in [2.24, 2.45) is 0 Å². The maximum absolute atomic E-state index is 13.6. The van der Waals surface area contributed by atoms with E-state index in [-0.39, 0.29) is 17.0 Å². The van der Waals surface area contributed by atoms with Gasteiger partial charge in [-0.2, -0.15) is 0 Å². The van der Waals surface area contributed by atoms with E-state index in [9.17, 15) is 14.4 Å². The first-order valence-electron chi connectivity index (χ1n) is 10.4. The molecule has 31 heavy (non-hydrogen) atoms. The summed E-state index contributed by atoms with van der Waals surface area (Å²) in [5.41, 5.74) is 3.78. The largest absolute Gasteiger partial charge is 0.336 e. The van der Waals surface area contributed by atoms with E-state index in [4.69, 9.17) is 0 Å². The lowest BCUT2D eigenvalue weighted by Crippen LogP contribution is -2.39. The van der Waals surface area contributed by atoms with Crippen LogP contribution in [0, 0.1) is 13.8 Å². The van der Waals surface area contributed by atoms with Gasteiger partial charge in [-0.15, -0.1) is 0 Å². The number of nitrogens with zero attached hydrogens (tertiary/aromatic N) is 2. The van der Waals surface area contributed by atoms with E-state index in [1.165, 1.54) is 4.57 Å². The van der Waals surface area contributed by atoms with Crippen molar-refractivity contribution in [2.75, 3.05) is 0 Å². The Labute approximate surface area is 180 Å². The van der Waals surface area contributed by atoms with Crippen LogP contribution in [-0.4, -0.2) is 14.9 Å². The summed E-state index contributed by atoms with van der Waals surface area (Å²) in [5, 5.41) is 0.488. The summed E-state index contributed by atoms with van der Waals surface area (Å²) in [4.78, 5) is 38.9. The number of aryl methyl sites for hydroxylation is 2. The van der Waals surface area contributed by atoms with Crippen LogP contribution in [0.4, 0.5) is 0 Å². The average molecular weight is 412 g/mol. The molecule has 4 rings (SSSR count). The van der Waals surface area contributed by atoms with E-state index in [1.54, 1.807) is 34.9 Å². The maximum Gasteiger partial charge on any atom is 0.336 e. The second-order valence-electron chi connectivity index (χ2n) is 7.74. The zero-order valence-corrected chi connectivity index (χ0v) is 17.9. The van der Waals surface area contributed by atoms with Gasteiger partial charge < -0.3 is 0 Å². The Morgan fingerprint density at radius 1 is 0.839 bits per heavy atom. The smallest absolute Gasteiger partial charge is 0.294 e. The SMILES string of the molecule is CCC(=O)c1ccc(Cn2c(=O)n(-c3c(C)cccc3C)c(=O)c3ccccc32)cc1. The molecular formula is C26H24N2O3. The summed E-state index contributed by atoms with van der Waals surface area (Å²) < 4.78 is 2.90. The average Bonchev–Trinajstić information content (AvgIpc) is 2.78. The van der Waals surface area contributed by atoms with E-state index in [0.29, 0.717) is 35.1 Å². The second-order valence-corrected chi connectivity index (χ2v) is 7.74. The molecule has 156 valence electrons. The van der Waals surface area contributed by atoms with Crippen LogP contribution in [-0.2, 0) is 6.54 Å². The fourth-order valence-corrected chi connectivity index (χ4v) is 4.01. The molecule has 0 radical (unpaired) electrons. The summed E-state index contributed by atoms with van der Waals surface area (Å²) >= 11 is 0. The minimum absolute atomic E-state index is 0.0812. The molecule has 3 aromatic carbocycles. The van der Waals surface area contributed by atoms with Gasteiger partial charge in [0.25, 0.3) is 5.56 Å². The van der Waals surface area contributed by atoms with E-state index in [1.807, 2.05) is 57.2 Å². The minimum Gasteiger partial charge on any atom is -0.294 e. The number of rotatable bonds is 5. The van der Waals surface area contributed by atoms with Crippen molar-refractivity contribution in [1.29, 1.82) is 0 Å². The van der Waals surface area contributed by atoms with Crippen molar-refractivity contribution in [2.45, 2.75) is 33.7 Å². The Hall–Kier alpha value is -3.73. The topological polar surface area (TPSA) is 61.1 Å². The standard InChI is InChI=1S/C26H24N2O3/c1-4-23(29)20-14-12-19(13-15-20)16-27-22-11-6-5-10-21(22)25(30)28(26(27)31)24-17(2)8-7-9-18(24)3/h5-15H,4,16H2,1-3H3. The number of aromatic nitrogens is 2. The minimum atomic E-state index is -0.380. The third-order valence-electron chi connectivity index (χ3n) is 5.65. The lowest BCUT2D eigenvalue weighted by molar-refractivity contribution is 0.0988. The van der Waals surface area contributed by atoms with Gasteiger partial charge in [0.1, 0.15) is 0 Å². The highest BCUT2D eigenvalue weighted by Crippen LogP contribution is 2.18. The monoisotopic (exact) mass is 412 g/mol. The molecule has 0 bridgehead atoms. The zero-order chi connectivity index (χ0) is 22.1. The third-order valence-corrected chi connectivity index (χ3v) is 5.65. The van der Waals surface area contributed by atoms with Gasteiger partial charge in [0.2, 0.25) is 0 Å². The molecule has 5 nitrogen and oxygen atoms in total. The number of carbonyl (C=O) groups excluding carboxylic acids is 1. The molecule has 0 atom stereocenters. The van der Waals surface area contributed by atoms with Crippen LogP contribution in [0.15, 0.2) is 76.3 Å². The number of fused-ring (bicyclic) bond motifs is 1. The van der Waals surface area contributed by atoms with Crippen molar-refractivity contribution in [3.05, 3.63) is 110 Å². The lowest BCUT2D eigenvalue weighted by Gasteiger charge is -2.17. The lowest BCUT2D eigenvalue weighted by atomic mass is 10.1. The van der Waals surface area contributed by atoms with Crippen LogP contribution in [0.5, 0.6) is 0 Å². The van der Waals surface area contributed by atoms with Crippen LogP contribution < -0.4 is 11.2 Å². The van der Waals surface area contributed by atoms with E-state index < -0.39 is 0 Å². The molecule has 0 spiro atoms. The Balaban J connectivity index is 1.95. The third kappa shape index (κ3) is 3.63. The Kier molecular flexibility index (Phi) is 5.42. The number of hydrogen-bond acceptors (Lipinski definition) is 3. The van der Waals surface area contributed by atoms with Gasteiger partial charge in [-0.05, 0) is 42.7 Å². The van der Waals surface area contributed by atoms with Crippen molar-refractivity contribution in [3.63, 3.8) is 0 Å². The normalized spacial score (nSPS) is 11.1. The number of ketones is 1. The van der Waals surface area contributed by atoms with Crippen LogP contribution in [0.25, 0.3) is 16.6 Å². The molecule has 1 heterocycles. The summed E-state index contributed by atoms with van der Waals surface area (Å²) in [5.74, 6) is 0.0812. The first kappa shape index (κ1) is 20.5. The summed E-state index contributed by atoms with van der Waals surface area (Å²) in [6, 6.07) is 20.2. The summed E-state index contributed by atoms with van der Waals surface area (Å²) in [6.07, 6.45) is 0.449. The van der Waals surface area contributed by atoms with Crippen molar-refractivity contribution in [3.8, 4) is 5.69 Å². The number of hydrogen-bond donors (Lipinski definition) is 0. The molecule has 0 fully saturated rings. The fourth-order valence-electron chi connectivity index (χ4n) is 4.01. The fraction of sp³-hybridized carbons (Fsp3) is 0.192. The Bertz CT molecular complexity index is 1390. The summed E-state index contributed by atoms with van der Waals surface area (Å²) in [7, 11) is 0. The molecule has 0 saturated heterocycles.